The molecule has 0 saturated heterocycles. The van der Waals surface area contributed by atoms with E-state index < -0.39 is 0 Å². The Labute approximate surface area is 186 Å². The minimum Gasteiger partial charge on any atom is -0.399 e. The fourth-order valence-corrected chi connectivity index (χ4v) is 3.08. The second-order valence-corrected chi connectivity index (χ2v) is 7.08. The lowest BCUT2D eigenvalue weighted by Crippen LogP contribution is -2.07. The predicted molar refractivity (Wildman–Crippen MR) is 130 cm³/mol. The van der Waals surface area contributed by atoms with Gasteiger partial charge in [-0.05, 0) is 48.5 Å². The molecule has 0 aliphatic heterocycles. The van der Waals surface area contributed by atoms with Crippen LogP contribution in [0.25, 0.3) is 0 Å². The van der Waals surface area contributed by atoms with Gasteiger partial charge in [0.1, 0.15) is 0 Å². The molecule has 4 aromatic rings. The summed E-state index contributed by atoms with van der Waals surface area (Å²) in [5.74, 6) is -0.212. The van der Waals surface area contributed by atoms with Crippen LogP contribution in [0.15, 0.2) is 97.1 Å². The standard InChI is InChI=1S/2C13H12N2O/c14-11-5-1-3-9(7-11)13(16)10-4-2-6-12(15)8-10;14-11-7-3-1-5-9(11)13(16)10-6-2-4-8-12(10)15/h2*1-8H,14-15H2. The Kier molecular flexibility index (Phi) is 6.88. The zero-order chi connectivity index (χ0) is 23.1. The number of para-hydroxylation sites is 2. The summed E-state index contributed by atoms with van der Waals surface area (Å²) in [5, 5.41) is 0. The van der Waals surface area contributed by atoms with Crippen molar-refractivity contribution in [2.24, 2.45) is 0 Å². The Morgan fingerprint density at radius 1 is 0.469 bits per heavy atom. The van der Waals surface area contributed by atoms with Gasteiger partial charge in [0.2, 0.25) is 0 Å². The van der Waals surface area contributed by atoms with Crippen LogP contribution >= 0.6 is 0 Å². The van der Waals surface area contributed by atoms with Gasteiger partial charge in [-0.25, -0.2) is 0 Å². The molecule has 0 amide bonds. The first-order chi connectivity index (χ1) is 15.4. The first kappa shape index (κ1) is 22.1. The summed E-state index contributed by atoms with van der Waals surface area (Å²) in [5.41, 5.74) is 27.0. The average molecular weight is 425 g/mol. The average Bonchev–Trinajstić information content (AvgIpc) is 2.79. The minimum atomic E-state index is -0.142. The van der Waals surface area contributed by atoms with E-state index in [1.807, 2.05) is 0 Å². The van der Waals surface area contributed by atoms with Crippen molar-refractivity contribution >= 4 is 34.3 Å². The van der Waals surface area contributed by atoms with Gasteiger partial charge >= 0.3 is 0 Å². The molecule has 0 spiro atoms. The van der Waals surface area contributed by atoms with Crippen LogP contribution in [-0.2, 0) is 0 Å². The Bertz CT molecular complexity index is 1170. The quantitative estimate of drug-likeness (QED) is 0.287. The van der Waals surface area contributed by atoms with Crippen LogP contribution in [0.1, 0.15) is 31.8 Å². The number of rotatable bonds is 4. The van der Waals surface area contributed by atoms with Crippen molar-refractivity contribution in [1.82, 2.24) is 0 Å². The normalized spacial score (nSPS) is 10.0. The van der Waals surface area contributed by atoms with E-state index in [1.165, 1.54) is 0 Å². The number of nitrogens with two attached hydrogens (primary N) is 4. The van der Waals surface area contributed by atoms with Crippen LogP contribution in [0.2, 0.25) is 0 Å². The van der Waals surface area contributed by atoms with Crippen LogP contribution < -0.4 is 22.9 Å². The second kappa shape index (κ2) is 9.95. The van der Waals surface area contributed by atoms with Crippen LogP contribution in [0, 0.1) is 0 Å². The van der Waals surface area contributed by atoms with Crippen LogP contribution in [0.3, 0.4) is 0 Å². The van der Waals surface area contributed by atoms with Gasteiger partial charge in [-0.1, -0.05) is 48.5 Å². The van der Waals surface area contributed by atoms with E-state index in [-0.39, 0.29) is 11.6 Å². The SMILES string of the molecule is Nc1cccc(C(=O)c2cccc(N)c2)c1.Nc1ccccc1C(=O)c1ccccc1N. The van der Waals surface area contributed by atoms with Crippen molar-refractivity contribution in [3.05, 3.63) is 119 Å². The summed E-state index contributed by atoms with van der Waals surface area (Å²) in [6.07, 6.45) is 0. The fourth-order valence-electron chi connectivity index (χ4n) is 3.08. The van der Waals surface area contributed by atoms with Crippen molar-refractivity contribution in [2.45, 2.75) is 0 Å². The van der Waals surface area contributed by atoms with E-state index in [0.29, 0.717) is 45.0 Å². The van der Waals surface area contributed by atoms with E-state index in [1.54, 1.807) is 97.1 Å². The van der Waals surface area contributed by atoms with Gasteiger partial charge < -0.3 is 22.9 Å². The van der Waals surface area contributed by atoms with Gasteiger partial charge in [0, 0.05) is 45.0 Å². The largest absolute Gasteiger partial charge is 0.399 e. The predicted octanol–water partition coefficient (Wildman–Crippen LogP) is 4.16. The molecule has 32 heavy (non-hydrogen) atoms. The lowest BCUT2D eigenvalue weighted by molar-refractivity contribution is 0.103. The number of ketones is 2. The van der Waals surface area contributed by atoms with Gasteiger partial charge in [0.15, 0.2) is 11.6 Å². The highest BCUT2D eigenvalue weighted by atomic mass is 16.1. The summed E-state index contributed by atoms with van der Waals surface area (Å²) in [6, 6.07) is 27.7. The van der Waals surface area contributed by atoms with Crippen molar-refractivity contribution in [3.8, 4) is 0 Å². The molecule has 6 nitrogen and oxygen atoms in total. The molecule has 0 heterocycles. The van der Waals surface area contributed by atoms with Gasteiger partial charge in [-0.2, -0.15) is 0 Å². The number of carbonyl (C=O) groups is 2. The van der Waals surface area contributed by atoms with Crippen molar-refractivity contribution in [2.75, 3.05) is 22.9 Å². The Morgan fingerprint density at radius 3 is 1.25 bits per heavy atom. The van der Waals surface area contributed by atoms with Gasteiger partial charge in [0.25, 0.3) is 0 Å². The molecule has 160 valence electrons. The third-order valence-electron chi connectivity index (χ3n) is 4.71. The smallest absolute Gasteiger partial charge is 0.197 e. The Balaban J connectivity index is 0.000000181. The fraction of sp³-hybridized carbons (Fsp3) is 0. The molecule has 0 bridgehead atoms. The molecule has 0 fully saturated rings. The maximum absolute atomic E-state index is 12.1. The summed E-state index contributed by atoms with van der Waals surface area (Å²) < 4.78 is 0. The van der Waals surface area contributed by atoms with E-state index in [2.05, 4.69) is 0 Å². The number of hydrogen-bond donors (Lipinski definition) is 4. The maximum Gasteiger partial charge on any atom is 0.197 e. The molecule has 0 aliphatic carbocycles. The number of carbonyl (C=O) groups excluding carboxylic acids is 2. The molecule has 0 unspecified atom stereocenters. The van der Waals surface area contributed by atoms with Gasteiger partial charge in [0.05, 0.1) is 0 Å². The van der Waals surface area contributed by atoms with Crippen LogP contribution in [0.4, 0.5) is 22.7 Å². The summed E-state index contributed by atoms with van der Waals surface area (Å²) in [7, 11) is 0. The van der Waals surface area contributed by atoms with Gasteiger partial charge in [-0.3, -0.25) is 9.59 Å². The van der Waals surface area contributed by atoms with E-state index in [4.69, 9.17) is 22.9 Å². The Hall–Kier alpha value is -4.58. The molecule has 8 N–H and O–H groups in total. The molecule has 4 rings (SSSR count). The number of nitrogen functional groups attached to an aromatic ring is 4. The molecule has 0 aromatic heterocycles. The number of anilines is 4. The highest BCUT2D eigenvalue weighted by molar-refractivity contribution is 6.14. The molecule has 0 aliphatic rings. The maximum atomic E-state index is 12.1. The number of benzene rings is 4. The van der Waals surface area contributed by atoms with Crippen LogP contribution in [-0.4, -0.2) is 11.6 Å². The van der Waals surface area contributed by atoms with Crippen LogP contribution in [0.5, 0.6) is 0 Å². The molecule has 6 heteroatoms. The third-order valence-corrected chi connectivity index (χ3v) is 4.71. The highest BCUT2D eigenvalue weighted by Gasteiger charge is 2.13. The molecule has 0 saturated carbocycles. The Morgan fingerprint density at radius 2 is 0.875 bits per heavy atom. The molecule has 0 atom stereocenters. The van der Waals surface area contributed by atoms with E-state index >= 15 is 0 Å². The lowest BCUT2D eigenvalue weighted by Gasteiger charge is -2.06. The number of hydrogen-bond acceptors (Lipinski definition) is 6. The van der Waals surface area contributed by atoms with Gasteiger partial charge in [-0.15, -0.1) is 0 Å². The topological polar surface area (TPSA) is 138 Å². The van der Waals surface area contributed by atoms with Crippen molar-refractivity contribution < 1.29 is 9.59 Å². The molecular weight excluding hydrogens is 400 g/mol. The third kappa shape index (κ3) is 5.31. The molecular formula is C26H24N4O2. The first-order valence-corrected chi connectivity index (χ1v) is 9.86. The van der Waals surface area contributed by atoms with E-state index in [9.17, 15) is 9.59 Å². The van der Waals surface area contributed by atoms with Crippen molar-refractivity contribution in [3.63, 3.8) is 0 Å². The lowest BCUT2D eigenvalue weighted by atomic mass is 10.0. The minimum absolute atomic E-state index is 0.0698. The summed E-state index contributed by atoms with van der Waals surface area (Å²) in [6.45, 7) is 0. The van der Waals surface area contributed by atoms with E-state index in [0.717, 1.165) is 0 Å². The van der Waals surface area contributed by atoms with Crippen molar-refractivity contribution in [1.29, 1.82) is 0 Å². The summed E-state index contributed by atoms with van der Waals surface area (Å²) in [4.78, 5) is 24.2. The molecule has 4 aromatic carbocycles. The monoisotopic (exact) mass is 424 g/mol. The molecule has 0 radical (unpaired) electrons. The summed E-state index contributed by atoms with van der Waals surface area (Å²) >= 11 is 0. The zero-order valence-corrected chi connectivity index (χ0v) is 17.4. The zero-order valence-electron chi connectivity index (χ0n) is 17.4. The second-order valence-electron chi connectivity index (χ2n) is 7.08. The highest BCUT2D eigenvalue weighted by Crippen LogP contribution is 2.20. The first-order valence-electron chi connectivity index (χ1n) is 9.86.